The Morgan fingerprint density at radius 3 is 0.410 bits per heavy atom. The van der Waals surface area contributed by atoms with Crippen LogP contribution in [-0.2, 0) is 0 Å². The topological polar surface area (TPSA) is 9.72 Å². The lowest BCUT2D eigenvalue weighted by molar-refractivity contribution is 0.365. The average molecular weight is 861 g/mol. The maximum absolute atomic E-state index is 2.32. The van der Waals surface area contributed by atoms with E-state index in [0.717, 1.165) is 5.92 Å². The Morgan fingerprint density at radius 1 is 0.164 bits per heavy atom. The first-order valence-electron chi connectivity index (χ1n) is 28.9. The third-order valence-electron chi connectivity index (χ3n) is 14.2. The summed E-state index contributed by atoms with van der Waals surface area (Å²) in [6.45, 7) is 3.79. The van der Waals surface area contributed by atoms with E-state index in [1.165, 1.54) is 328 Å². The van der Waals surface area contributed by atoms with Crippen molar-refractivity contribution in [2.75, 3.05) is 61.9 Å². The monoisotopic (exact) mass is 860 g/mol. The highest BCUT2D eigenvalue weighted by molar-refractivity contribution is 4.63. The number of hydrogen-bond donors (Lipinski definition) is 0. The largest absolute Gasteiger partial charge is 0.309 e. The molecule has 3 nitrogen and oxygen atoms in total. The van der Waals surface area contributed by atoms with E-state index in [4.69, 9.17) is 0 Å². The summed E-state index contributed by atoms with van der Waals surface area (Å²) < 4.78 is 0. The lowest BCUT2D eigenvalue weighted by Crippen LogP contribution is -2.12. The highest BCUT2D eigenvalue weighted by atomic mass is 15.1. The van der Waals surface area contributed by atoms with E-state index < -0.39 is 0 Å². The van der Waals surface area contributed by atoms with Crippen molar-refractivity contribution in [2.45, 2.75) is 308 Å². The van der Waals surface area contributed by atoms with Gasteiger partial charge in [-0.2, -0.15) is 0 Å². The van der Waals surface area contributed by atoms with Crippen LogP contribution >= 0.6 is 0 Å². The Labute approximate surface area is 389 Å². The molecule has 368 valence electrons. The third kappa shape index (κ3) is 55.9. The number of unbranched alkanes of at least 4 members (excludes halogenated alkanes) is 42. The average Bonchev–Trinajstić information content (AvgIpc) is 3.23. The Hall–Kier alpha value is -0.120. The summed E-state index contributed by atoms with van der Waals surface area (Å²) in [6.07, 6.45) is 70.9. The lowest BCUT2D eigenvalue weighted by Gasteiger charge is -2.17. The van der Waals surface area contributed by atoms with Crippen molar-refractivity contribution in [1.82, 2.24) is 14.7 Å². The SMILES string of the molecule is CN(C)CCCCCCCCCCCCCCCCCC(CCCCCCCCCCCCCCCCCN(C)C)CCCCCCCCCCCCCCCCCN(C)C. The maximum Gasteiger partial charge on any atom is -0.00248 e. The van der Waals surface area contributed by atoms with Crippen molar-refractivity contribution in [3.05, 3.63) is 0 Å². The molecule has 0 N–H and O–H groups in total. The van der Waals surface area contributed by atoms with E-state index in [2.05, 4.69) is 57.0 Å². The van der Waals surface area contributed by atoms with Gasteiger partial charge in [0.15, 0.2) is 0 Å². The molecule has 0 spiro atoms. The highest BCUT2D eigenvalue weighted by Gasteiger charge is 2.09. The van der Waals surface area contributed by atoms with Crippen molar-refractivity contribution in [3.63, 3.8) is 0 Å². The van der Waals surface area contributed by atoms with Crippen LogP contribution < -0.4 is 0 Å². The normalized spacial score (nSPS) is 12.1. The van der Waals surface area contributed by atoms with Gasteiger partial charge in [-0.3, -0.25) is 0 Å². The fourth-order valence-corrected chi connectivity index (χ4v) is 9.91. The van der Waals surface area contributed by atoms with Crippen LogP contribution in [0, 0.1) is 5.92 Å². The zero-order valence-electron chi connectivity index (χ0n) is 44.0. The van der Waals surface area contributed by atoms with Crippen molar-refractivity contribution >= 4 is 0 Å². The molecule has 0 aromatic carbocycles. The van der Waals surface area contributed by atoms with Gasteiger partial charge >= 0.3 is 0 Å². The van der Waals surface area contributed by atoms with Gasteiger partial charge in [-0.05, 0) is 87.1 Å². The van der Waals surface area contributed by atoms with Gasteiger partial charge < -0.3 is 14.7 Å². The van der Waals surface area contributed by atoms with Crippen LogP contribution in [0.5, 0.6) is 0 Å². The Bertz CT molecular complexity index is 665. The van der Waals surface area contributed by atoms with Crippen LogP contribution in [0.15, 0.2) is 0 Å². The van der Waals surface area contributed by atoms with Crippen LogP contribution in [-0.4, -0.2) is 76.6 Å². The van der Waals surface area contributed by atoms with E-state index in [1.807, 2.05) is 0 Å². The summed E-state index contributed by atoms with van der Waals surface area (Å²) in [7, 11) is 13.2. The van der Waals surface area contributed by atoms with Crippen molar-refractivity contribution in [1.29, 1.82) is 0 Å². The van der Waals surface area contributed by atoms with Crippen molar-refractivity contribution in [3.8, 4) is 0 Å². The van der Waals surface area contributed by atoms with Gasteiger partial charge in [-0.25, -0.2) is 0 Å². The van der Waals surface area contributed by atoms with Gasteiger partial charge in [-0.15, -0.1) is 0 Å². The molecule has 61 heavy (non-hydrogen) atoms. The van der Waals surface area contributed by atoms with Crippen molar-refractivity contribution < 1.29 is 0 Å². The summed E-state index contributed by atoms with van der Waals surface area (Å²) in [4.78, 5) is 6.96. The van der Waals surface area contributed by atoms with Crippen LogP contribution in [0.4, 0.5) is 0 Å². The van der Waals surface area contributed by atoms with E-state index in [0.29, 0.717) is 0 Å². The molecule has 0 radical (unpaired) electrons. The molecular formula is C58H121N3. The van der Waals surface area contributed by atoms with Gasteiger partial charge in [0.25, 0.3) is 0 Å². The van der Waals surface area contributed by atoms with E-state index >= 15 is 0 Å². The molecule has 0 heterocycles. The van der Waals surface area contributed by atoms with E-state index in [9.17, 15) is 0 Å². The standard InChI is InChI=1S/C58H121N3/c1-59(2)55-49-43-37-31-25-19-13-7-10-16-22-28-34-40-46-52-58(53-47-41-35-29-23-17-11-8-14-20-26-32-38-44-50-56-60(3)4)54-48-42-36-30-24-18-12-9-15-21-27-33-39-45-51-57-61(5)6/h58H,7-57H2,1-6H3. The molecule has 0 aliphatic carbocycles. The van der Waals surface area contributed by atoms with Gasteiger partial charge in [0.1, 0.15) is 0 Å². The van der Waals surface area contributed by atoms with Crippen LogP contribution in [0.1, 0.15) is 308 Å². The third-order valence-corrected chi connectivity index (χ3v) is 14.2. The maximum atomic E-state index is 2.32. The van der Waals surface area contributed by atoms with Crippen LogP contribution in [0.3, 0.4) is 0 Å². The number of rotatable bonds is 54. The first-order chi connectivity index (χ1) is 29.9. The summed E-state index contributed by atoms with van der Waals surface area (Å²) in [5, 5.41) is 0. The molecule has 0 unspecified atom stereocenters. The molecular weight excluding hydrogens is 739 g/mol. The molecule has 0 amide bonds. The molecule has 0 aliphatic heterocycles. The lowest BCUT2D eigenvalue weighted by atomic mass is 9.89. The molecule has 0 aromatic heterocycles. The second kappa shape index (κ2) is 52.5. The van der Waals surface area contributed by atoms with Crippen LogP contribution in [0.2, 0.25) is 0 Å². The summed E-state index contributed by atoms with van der Waals surface area (Å²) in [6, 6.07) is 0. The fourth-order valence-electron chi connectivity index (χ4n) is 9.91. The number of nitrogens with zero attached hydrogens (tertiary/aromatic N) is 3. The van der Waals surface area contributed by atoms with Gasteiger partial charge in [0.2, 0.25) is 0 Å². The van der Waals surface area contributed by atoms with Gasteiger partial charge in [0.05, 0.1) is 0 Å². The van der Waals surface area contributed by atoms with Crippen LogP contribution in [0.25, 0.3) is 0 Å². The first kappa shape index (κ1) is 60.9. The molecule has 0 rings (SSSR count). The minimum absolute atomic E-state index is 1.02. The summed E-state index contributed by atoms with van der Waals surface area (Å²) in [5.74, 6) is 1.02. The molecule has 0 atom stereocenters. The zero-order chi connectivity index (χ0) is 44.4. The van der Waals surface area contributed by atoms with Gasteiger partial charge in [0, 0.05) is 0 Å². The molecule has 0 fully saturated rings. The predicted molar refractivity (Wildman–Crippen MR) is 281 cm³/mol. The van der Waals surface area contributed by atoms with E-state index in [-0.39, 0.29) is 0 Å². The first-order valence-corrected chi connectivity index (χ1v) is 28.9. The van der Waals surface area contributed by atoms with Crippen molar-refractivity contribution in [2.24, 2.45) is 5.92 Å². The molecule has 0 saturated carbocycles. The Kier molecular flexibility index (Phi) is 52.4. The Balaban J connectivity index is 3.98. The minimum atomic E-state index is 1.02. The Morgan fingerprint density at radius 2 is 0.279 bits per heavy atom. The molecule has 0 saturated heterocycles. The second-order valence-corrected chi connectivity index (χ2v) is 21.6. The van der Waals surface area contributed by atoms with E-state index in [1.54, 1.807) is 0 Å². The quantitative estimate of drug-likeness (QED) is 0.0564. The predicted octanol–water partition coefficient (Wildman–Crippen LogP) is 19.0. The molecule has 0 bridgehead atoms. The molecule has 3 heteroatoms. The number of hydrogen-bond acceptors (Lipinski definition) is 3. The minimum Gasteiger partial charge on any atom is -0.309 e. The highest BCUT2D eigenvalue weighted by Crippen LogP contribution is 2.25. The summed E-state index contributed by atoms with van der Waals surface area (Å²) in [5.41, 5.74) is 0. The molecule has 0 aromatic rings. The summed E-state index contributed by atoms with van der Waals surface area (Å²) >= 11 is 0. The van der Waals surface area contributed by atoms with Gasteiger partial charge in [-0.1, -0.05) is 289 Å². The second-order valence-electron chi connectivity index (χ2n) is 21.6. The smallest absolute Gasteiger partial charge is 0.00248 e. The zero-order valence-corrected chi connectivity index (χ0v) is 44.0. The fraction of sp³-hybridized carbons (Fsp3) is 1.00. The molecule has 0 aliphatic rings.